The summed E-state index contributed by atoms with van der Waals surface area (Å²) in [6, 6.07) is 0. The first-order valence-electron chi connectivity index (χ1n) is 6.83. The van der Waals surface area contributed by atoms with Crippen LogP contribution in [-0.4, -0.2) is 26.8 Å². The van der Waals surface area contributed by atoms with E-state index < -0.39 is 0 Å². The molecule has 0 saturated heterocycles. The Labute approximate surface area is 102 Å². The molecule has 0 bridgehead atoms. The first-order valence-corrected chi connectivity index (χ1v) is 6.83. The van der Waals surface area contributed by atoms with Crippen molar-refractivity contribution in [1.82, 2.24) is 5.32 Å². The molecule has 0 rings (SSSR count). The van der Waals surface area contributed by atoms with Crippen molar-refractivity contribution in [3.63, 3.8) is 0 Å². The number of rotatable bonds is 10. The average molecular weight is 229 g/mol. The summed E-state index contributed by atoms with van der Waals surface area (Å²) in [7, 11) is 1.76. The third-order valence-electron chi connectivity index (χ3n) is 3.96. The quantitative estimate of drug-likeness (QED) is 0.579. The molecule has 1 unspecified atom stereocenters. The molecule has 0 amide bonds. The summed E-state index contributed by atoms with van der Waals surface area (Å²) < 4.78 is 5.06. The summed E-state index contributed by atoms with van der Waals surface area (Å²) in [6.07, 6.45) is 5.18. The Bertz CT molecular complexity index is 155. The molecule has 0 aliphatic carbocycles. The molecule has 0 radical (unpaired) electrons. The Kier molecular flexibility index (Phi) is 8.96. The lowest BCUT2D eigenvalue weighted by molar-refractivity contribution is 0.168. The van der Waals surface area contributed by atoms with E-state index >= 15 is 0 Å². The van der Waals surface area contributed by atoms with E-state index in [4.69, 9.17) is 4.74 Å². The van der Waals surface area contributed by atoms with Crippen LogP contribution in [0.1, 0.15) is 53.4 Å². The van der Waals surface area contributed by atoms with Crippen molar-refractivity contribution >= 4 is 0 Å². The number of methoxy groups -OCH3 is 1. The van der Waals surface area contributed by atoms with Crippen molar-refractivity contribution in [3.05, 3.63) is 0 Å². The summed E-state index contributed by atoms with van der Waals surface area (Å²) in [5, 5.41) is 3.53. The van der Waals surface area contributed by atoms with Crippen LogP contribution in [-0.2, 0) is 4.74 Å². The van der Waals surface area contributed by atoms with E-state index in [1.54, 1.807) is 7.11 Å². The Morgan fingerprint density at radius 3 is 2.25 bits per heavy atom. The molecule has 2 nitrogen and oxygen atoms in total. The maximum Gasteiger partial charge on any atom is 0.0587 e. The van der Waals surface area contributed by atoms with Gasteiger partial charge in [0.25, 0.3) is 0 Å². The van der Waals surface area contributed by atoms with Gasteiger partial charge in [-0.2, -0.15) is 0 Å². The fourth-order valence-electron chi connectivity index (χ4n) is 2.27. The minimum absolute atomic E-state index is 0.489. The highest BCUT2D eigenvalue weighted by atomic mass is 16.5. The van der Waals surface area contributed by atoms with Gasteiger partial charge in [0.15, 0.2) is 0 Å². The van der Waals surface area contributed by atoms with Gasteiger partial charge in [0.1, 0.15) is 0 Å². The first-order chi connectivity index (χ1) is 7.64. The van der Waals surface area contributed by atoms with Gasteiger partial charge in [-0.05, 0) is 30.6 Å². The molecular formula is C14H31NO. The van der Waals surface area contributed by atoms with Gasteiger partial charge in [-0.25, -0.2) is 0 Å². The van der Waals surface area contributed by atoms with Crippen LogP contribution in [0.4, 0.5) is 0 Å². The molecule has 98 valence electrons. The molecule has 0 aromatic rings. The van der Waals surface area contributed by atoms with Crippen molar-refractivity contribution < 1.29 is 4.74 Å². The van der Waals surface area contributed by atoms with E-state index in [0.29, 0.717) is 5.41 Å². The van der Waals surface area contributed by atoms with E-state index in [-0.39, 0.29) is 0 Å². The fraction of sp³-hybridized carbons (Fsp3) is 1.00. The fourth-order valence-corrected chi connectivity index (χ4v) is 2.27. The Morgan fingerprint density at radius 2 is 1.81 bits per heavy atom. The highest BCUT2D eigenvalue weighted by Crippen LogP contribution is 2.34. The number of nitrogens with one attached hydrogen (secondary N) is 1. The maximum absolute atomic E-state index is 5.06. The largest absolute Gasteiger partial charge is 0.383 e. The summed E-state index contributed by atoms with van der Waals surface area (Å²) in [4.78, 5) is 0. The van der Waals surface area contributed by atoms with Crippen LogP contribution < -0.4 is 5.32 Å². The third kappa shape index (κ3) is 5.86. The van der Waals surface area contributed by atoms with Crippen LogP contribution in [0.5, 0.6) is 0 Å². The molecule has 0 aliphatic heterocycles. The lowest BCUT2D eigenvalue weighted by atomic mass is 9.74. The van der Waals surface area contributed by atoms with E-state index in [9.17, 15) is 0 Å². The van der Waals surface area contributed by atoms with Gasteiger partial charge in [0.2, 0.25) is 0 Å². The van der Waals surface area contributed by atoms with Gasteiger partial charge in [-0.1, -0.05) is 34.1 Å². The van der Waals surface area contributed by atoms with E-state index in [1.807, 2.05) is 0 Å². The molecule has 0 fully saturated rings. The summed E-state index contributed by atoms with van der Waals surface area (Å²) in [5.74, 6) is 0.837. The third-order valence-corrected chi connectivity index (χ3v) is 3.96. The second-order valence-corrected chi connectivity index (χ2v) is 5.09. The van der Waals surface area contributed by atoms with Crippen molar-refractivity contribution in [1.29, 1.82) is 0 Å². The monoisotopic (exact) mass is 229 g/mol. The molecule has 1 N–H and O–H groups in total. The van der Waals surface area contributed by atoms with Gasteiger partial charge < -0.3 is 10.1 Å². The Morgan fingerprint density at radius 1 is 1.19 bits per heavy atom. The van der Waals surface area contributed by atoms with Gasteiger partial charge in [0, 0.05) is 20.2 Å². The van der Waals surface area contributed by atoms with Crippen molar-refractivity contribution in [2.75, 3.05) is 26.8 Å². The van der Waals surface area contributed by atoms with Crippen molar-refractivity contribution in [2.24, 2.45) is 11.3 Å². The molecule has 2 heteroatoms. The Hall–Kier alpha value is -0.0800. The molecule has 0 aromatic carbocycles. The molecule has 1 atom stereocenters. The van der Waals surface area contributed by atoms with Gasteiger partial charge in [0.05, 0.1) is 6.61 Å². The summed E-state index contributed by atoms with van der Waals surface area (Å²) in [5.41, 5.74) is 0.489. The predicted molar refractivity (Wildman–Crippen MR) is 71.8 cm³/mol. The molecule has 0 aliphatic rings. The first kappa shape index (κ1) is 15.9. The maximum atomic E-state index is 5.06. The number of hydrogen-bond donors (Lipinski definition) is 1. The van der Waals surface area contributed by atoms with Crippen LogP contribution in [0.2, 0.25) is 0 Å². The lowest BCUT2D eigenvalue weighted by Gasteiger charge is -2.34. The molecule has 0 spiro atoms. The van der Waals surface area contributed by atoms with Crippen LogP contribution in [0, 0.1) is 11.3 Å². The zero-order chi connectivity index (χ0) is 12.4. The van der Waals surface area contributed by atoms with Crippen molar-refractivity contribution in [3.8, 4) is 0 Å². The summed E-state index contributed by atoms with van der Waals surface area (Å²) in [6.45, 7) is 12.2. The van der Waals surface area contributed by atoms with Crippen LogP contribution in [0.25, 0.3) is 0 Å². The van der Waals surface area contributed by atoms with Gasteiger partial charge in [-0.15, -0.1) is 0 Å². The zero-order valence-corrected chi connectivity index (χ0v) is 11.9. The van der Waals surface area contributed by atoms with Crippen LogP contribution in [0.15, 0.2) is 0 Å². The van der Waals surface area contributed by atoms with Crippen molar-refractivity contribution in [2.45, 2.75) is 53.4 Å². The number of ether oxygens (including phenoxy) is 1. The second-order valence-electron chi connectivity index (χ2n) is 5.09. The zero-order valence-electron chi connectivity index (χ0n) is 11.9. The topological polar surface area (TPSA) is 21.3 Å². The molecule has 0 heterocycles. The van der Waals surface area contributed by atoms with E-state index in [1.165, 1.54) is 25.7 Å². The lowest BCUT2D eigenvalue weighted by Crippen LogP contribution is -2.36. The van der Waals surface area contributed by atoms with Gasteiger partial charge >= 0.3 is 0 Å². The summed E-state index contributed by atoms with van der Waals surface area (Å²) >= 11 is 0. The minimum Gasteiger partial charge on any atom is -0.383 e. The molecular weight excluding hydrogens is 198 g/mol. The van der Waals surface area contributed by atoms with Gasteiger partial charge in [-0.3, -0.25) is 0 Å². The van der Waals surface area contributed by atoms with E-state index in [0.717, 1.165) is 25.6 Å². The SMILES string of the molecule is CCC(C)CC(CC)(CC)CNCCOC. The number of hydrogen-bond acceptors (Lipinski definition) is 2. The van der Waals surface area contributed by atoms with Crippen LogP contribution in [0.3, 0.4) is 0 Å². The standard InChI is InChI=1S/C14H31NO/c1-6-13(4)11-14(7-2,8-3)12-15-9-10-16-5/h13,15H,6-12H2,1-5H3. The highest BCUT2D eigenvalue weighted by molar-refractivity contribution is 4.80. The minimum atomic E-state index is 0.489. The predicted octanol–water partition coefficient (Wildman–Crippen LogP) is 3.47. The second kappa shape index (κ2) is 9.00. The van der Waals surface area contributed by atoms with Crippen LogP contribution >= 0.6 is 0 Å². The molecule has 0 aromatic heterocycles. The smallest absolute Gasteiger partial charge is 0.0587 e. The van der Waals surface area contributed by atoms with E-state index in [2.05, 4.69) is 33.0 Å². The molecule has 0 saturated carbocycles. The normalized spacial score (nSPS) is 14.1. The average Bonchev–Trinajstić information content (AvgIpc) is 2.33. The highest BCUT2D eigenvalue weighted by Gasteiger charge is 2.27. The Balaban J connectivity index is 4.10. The molecule has 16 heavy (non-hydrogen) atoms.